The van der Waals surface area contributed by atoms with Crippen molar-refractivity contribution in [1.82, 2.24) is 14.8 Å². The monoisotopic (exact) mass is 238 g/mol. The number of hydrogen-bond donors (Lipinski definition) is 1. The maximum absolute atomic E-state index is 5.90. The lowest BCUT2D eigenvalue weighted by Crippen LogP contribution is -2.03. The van der Waals surface area contributed by atoms with Gasteiger partial charge < -0.3 is 5.73 Å². The van der Waals surface area contributed by atoms with E-state index in [1.54, 1.807) is 0 Å². The van der Waals surface area contributed by atoms with E-state index in [1.165, 1.54) is 5.56 Å². The highest BCUT2D eigenvalue weighted by atomic mass is 15.3. The summed E-state index contributed by atoms with van der Waals surface area (Å²) in [5, 5.41) is 5.40. The van der Waals surface area contributed by atoms with Crippen LogP contribution >= 0.6 is 0 Å². The van der Waals surface area contributed by atoms with Crippen LogP contribution in [0.4, 0.5) is 5.82 Å². The molecule has 0 unspecified atom stereocenters. The number of fused-ring (bicyclic) bond motifs is 1. The molecule has 2 N–H and O–H groups in total. The van der Waals surface area contributed by atoms with Crippen LogP contribution in [0.2, 0.25) is 0 Å². The van der Waals surface area contributed by atoms with Gasteiger partial charge in [0.05, 0.1) is 5.52 Å². The molecule has 90 valence electrons. The predicted octanol–water partition coefficient (Wildman–Crippen LogP) is 2.26. The Labute approximate surface area is 105 Å². The number of hydrogen-bond acceptors (Lipinski definition) is 3. The SMILES string of the molecule is Nc1nn(CCc2ccncc2)c2ccccc12. The van der Waals surface area contributed by atoms with E-state index in [4.69, 9.17) is 5.73 Å². The lowest BCUT2D eigenvalue weighted by atomic mass is 10.2. The zero-order valence-electron chi connectivity index (χ0n) is 9.95. The molecular formula is C14H14N4. The van der Waals surface area contributed by atoms with Crippen LogP contribution in [0, 0.1) is 0 Å². The van der Waals surface area contributed by atoms with E-state index in [2.05, 4.69) is 10.1 Å². The quantitative estimate of drug-likeness (QED) is 0.761. The molecule has 3 rings (SSSR count). The van der Waals surface area contributed by atoms with Crippen molar-refractivity contribution in [1.29, 1.82) is 0 Å². The number of anilines is 1. The fourth-order valence-corrected chi connectivity index (χ4v) is 2.11. The van der Waals surface area contributed by atoms with Crippen LogP contribution in [0.15, 0.2) is 48.8 Å². The molecule has 0 saturated carbocycles. The van der Waals surface area contributed by atoms with Gasteiger partial charge in [-0.2, -0.15) is 5.10 Å². The van der Waals surface area contributed by atoms with E-state index >= 15 is 0 Å². The lowest BCUT2D eigenvalue weighted by Gasteiger charge is -2.03. The number of pyridine rings is 1. The van der Waals surface area contributed by atoms with Crippen molar-refractivity contribution in [3.63, 3.8) is 0 Å². The molecule has 0 aliphatic rings. The van der Waals surface area contributed by atoms with E-state index < -0.39 is 0 Å². The van der Waals surface area contributed by atoms with Gasteiger partial charge in [-0.25, -0.2) is 0 Å². The summed E-state index contributed by atoms with van der Waals surface area (Å²) in [4.78, 5) is 4.01. The second-order valence-electron chi connectivity index (χ2n) is 4.23. The number of nitrogens with two attached hydrogens (primary N) is 1. The van der Waals surface area contributed by atoms with E-state index in [-0.39, 0.29) is 0 Å². The molecule has 0 saturated heterocycles. The highest BCUT2D eigenvalue weighted by molar-refractivity contribution is 5.88. The second kappa shape index (κ2) is 4.49. The van der Waals surface area contributed by atoms with Crippen molar-refractivity contribution in [2.45, 2.75) is 13.0 Å². The molecule has 0 bridgehead atoms. The smallest absolute Gasteiger partial charge is 0.153 e. The van der Waals surface area contributed by atoms with Crippen LogP contribution in [-0.4, -0.2) is 14.8 Å². The first-order chi connectivity index (χ1) is 8.84. The van der Waals surface area contributed by atoms with Gasteiger partial charge in [-0.05, 0) is 36.2 Å². The molecule has 2 heterocycles. The number of aromatic nitrogens is 3. The Morgan fingerprint density at radius 1 is 1.06 bits per heavy atom. The molecule has 18 heavy (non-hydrogen) atoms. The Morgan fingerprint density at radius 2 is 1.83 bits per heavy atom. The normalized spacial score (nSPS) is 10.9. The average Bonchev–Trinajstić information content (AvgIpc) is 2.75. The van der Waals surface area contributed by atoms with Crippen molar-refractivity contribution in [3.05, 3.63) is 54.4 Å². The van der Waals surface area contributed by atoms with Gasteiger partial charge in [-0.3, -0.25) is 9.67 Å². The minimum Gasteiger partial charge on any atom is -0.382 e. The summed E-state index contributed by atoms with van der Waals surface area (Å²) < 4.78 is 1.96. The Kier molecular flexibility index (Phi) is 2.68. The summed E-state index contributed by atoms with van der Waals surface area (Å²) in [7, 11) is 0. The third-order valence-corrected chi connectivity index (χ3v) is 3.05. The van der Waals surface area contributed by atoms with Crippen molar-refractivity contribution < 1.29 is 0 Å². The Bertz CT molecular complexity index is 658. The summed E-state index contributed by atoms with van der Waals surface area (Å²) in [6.45, 7) is 0.821. The lowest BCUT2D eigenvalue weighted by molar-refractivity contribution is 0.638. The molecule has 0 fully saturated rings. The molecular weight excluding hydrogens is 224 g/mol. The number of aryl methyl sites for hydroxylation is 2. The number of nitrogen functional groups attached to an aromatic ring is 1. The predicted molar refractivity (Wildman–Crippen MR) is 72.1 cm³/mol. The zero-order valence-corrected chi connectivity index (χ0v) is 9.95. The largest absolute Gasteiger partial charge is 0.382 e. The first-order valence-electron chi connectivity index (χ1n) is 5.94. The number of benzene rings is 1. The van der Waals surface area contributed by atoms with Gasteiger partial charge in [-0.15, -0.1) is 0 Å². The maximum atomic E-state index is 5.90. The fraction of sp³-hybridized carbons (Fsp3) is 0.143. The Balaban J connectivity index is 1.87. The third kappa shape index (κ3) is 1.93. The Hall–Kier alpha value is -2.36. The van der Waals surface area contributed by atoms with Crippen molar-refractivity contribution >= 4 is 16.7 Å². The second-order valence-corrected chi connectivity index (χ2v) is 4.23. The molecule has 0 radical (unpaired) electrons. The molecule has 0 amide bonds. The highest BCUT2D eigenvalue weighted by Crippen LogP contribution is 2.20. The summed E-state index contributed by atoms with van der Waals surface area (Å²) >= 11 is 0. The van der Waals surface area contributed by atoms with Gasteiger partial charge >= 0.3 is 0 Å². The van der Waals surface area contributed by atoms with Gasteiger partial charge in [0, 0.05) is 24.3 Å². The van der Waals surface area contributed by atoms with Gasteiger partial charge in [0.15, 0.2) is 5.82 Å². The van der Waals surface area contributed by atoms with Crippen molar-refractivity contribution in [2.75, 3.05) is 5.73 Å². The molecule has 0 aliphatic carbocycles. The van der Waals surface area contributed by atoms with Crippen LogP contribution in [0.3, 0.4) is 0 Å². The summed E-state index contributed by atoms with van der Waals surface area (Å²) in [5.41, 5.74) is 8.24. The van der Waals surface area contributed by atoms with Gasteiger partial charge in [0.1, 0.15) is 0 Å². The average molecular weight is 238 g/mol. The van der Waals surface area contributed by atoms with Crippen LogP contribution < -0.4 is 5.73 Å². The van der Waals surface area contributed by atoms with Gasteiger partial charge in [-0.1, -0.05) is 12.1 Å². The fourth-order valence-electron chi connectivity index (χ4n) is 2.11. The highest BCUT2D eigenvalue weighted by Gasteiger charge is 2.06. The zero-order chi connectivity index (χ0) is 12.4. The standard InChI is InChI=1S/C14H14N4/c15-14-12-3-1-2-4-13(12)18(17-14)10-7-11-5-8-16-9-6-11/h1-6,8-9H,7,10H2,(H2,15,17). The summed E-state index contributed by atoms with van der Waals surface area (Å²) in [5.74, 6) is 0.598. The maximum Gasteiger partial charge on any atom is 0.153 e. The summed E-state index contributed by atoms with van der Waals surface area (Å²) in [6.07, 6.45) is 4.55. The minimum absolute atomic E-state index is 0.598. The van der Waals surface area contributed by atoms with Gasteiger partial charge in [0.2, 0.25) is 0 Å². The minimum atomic E-state index is 0.598. The topological polar surface area (TPSA) is 56.7 Å². The molecule has 0 aliphatic heterocycles. The first kappa shape index (κ1) is 10.8. The molecule has 0 spiro atoms. The van der Waals surface area contributed by atoms with Crippen LogP contribution in [0.1, 0.15) is 5.56 Å². The Morgan fingerprint density at radius 3 is 2.67 bits per heavy atom. The van der Waals surface area contributed by atoms with E-state index in [1.807, 2.05) is 53.5 Å². The molecule has 3 aromatic rings. The van der Waals surface area contributed by atoms with Crippen molar-refractivity contribution in [2.24, 2.45) is 0 Å². The van der Waals surface area contributed by atoms with Crippen LogP contribution in [-0.2, 0) is 13.0 Å². The van der Waals surface area contributed by atoms with E-state index in [0.29, 0.717) is 5.82 Å². The molecule has 2 aromatic heterocycles. The van der Waals surface area contributed by atoms with Crippen LogP contribution in [0.25, 0.3) is 10.9 Å². The molecule has 1 aromatic carbocycles. The molecule has 0 atom stereocenters. The third-order valence-electron chi connectivity index (χ3n) is 3.05. The van der Waals surface area contributed by atoms with E-state index in [0.717, 1.165) is 23.9 Å². The van der Waals surface area contributed by atoms with Crippen molar-refractivity contribution in [3.8, 4) is 0 Å². The van der Waals surface area contributed by atoms with Crippen LogP contribution in [0.5, 0.6) is 0 Å². The molecule has 4 heteroatoms. The number of para-hydroxylation sites is 1. The molecule has 4 nitrogen and oxygen atoms in total. The summed E-state index contributed by atoms with van der Waals surface area (Å²) in [6, 6.07) is 12.1. The van der Waals surface area contributed by atoms with Gasteiger partial charge in [0.25, 0.3) is 0 Å². The first-order valence-corrected chi connectivity index (χ1v) is 5.94. The number of nitrogens with zero attached hydrogens (tertiary/aromatic N) is 3. The van der Waals surface area contributed by atoms with E-state index in [9.17, 15) is 0 Å². The number of rotatable bonds is 3.